The number of anilines is 1. The number of hydrogen-bond donors (Lipinski definition) is 1. The number of carbonyl (C=O) groups excluding carboxylic acids is 1. The number of halogens is 3. The maximum Gasteiger partial charge on any atom is 0.376 e. The zero-order chi connectivity index (χ0) is 12.5. The Balaban J connectivity index is 3.63. The summed E-state index contributed by atoms with van der Waals surface area (Å²) in [5, 5.41) is 9.06. The van der Waals surface area contributed by atoms with Gasteiger partial charge >= 0.3 is 5.82 Å². The predicted octanol–water partition coefficient (Wildman–Crippen LogP) is 1.89. The maximum atomic E-state index is 12.6. The number of pyridine rings is 1. The van der Waals surface area contributed by atoms with E-state index in [4.69, 9.17) is 17.3 Å². The van der Waals surface area contributed by atoms with Gasteiger partial charge < -0.3 is 15.8 Å². The Labute approximate surface area is 92.2 Å². The molecule has 0 spiro atoms. The topological polar surface area (TPSA) is 99.1 Å². The van der Waals surface area contributed by atoms with Gasteiger partial charge in [-0.25, -0.2) is 8.78 Å². The van der Waals surface area contributed by atoms with E-state index in [0.717, 1.165) is 0 Å². The zero-order valence-corrected chi connectivity index (χ0v) is 8.24. The molecule has 0 atom stereocenters. The smallest absolute Gasteiger partial charge is 0.376 e. The van der Waals surface area contributed by atoms with Crippen LogP contribution in [-0.4, -0.2) is 15.1 Å². The molecule has 0 bridgehead atoms. The Morgan fingerprint density at radius 2 is 2.19 bits per heavy atom. The number of aromatic nitrogens is 1. The Kier molecular flexibility index (Phi) is 3.33. The molecule has 0 unspecified atom stereocenters. The molecular formula is C7H4ClF2N3O3. The second-order valence-corrected chi connectivity index (χ2v) is 3.00. The van der Waals surface area contributed by atoms with Gasteiger partial charge in [-0.1, -0.05) is 0 Å². The van der Waals surface area contributed by atoms with Crippen molar-refractivity contribution in [2.24, 2.45) is 0 Å². The van der Waals surface area contributed by atoms with Gasteiger partial charge in [0.1, 0.15) is 5.56 Å². The zero-order valence-electron chi connectivity index (χ0n) is 7.49. The first kappa shape index (κ1) is 12.2. The van der Waals surface area contributed by atoms with Gasteiger partial charge in [0.2, 0.25) is 0 Å². The molecule has 0 fully saturated rings. The quantitative estimate of drug-likeness (QED) is 0.502. The SMILES string of the molecule is Nc1cnc([N+](=O)[O-])c(C(=O)Cl)c1C(F)F. The predicted molar refractivity (Wildman–Crippen MR) is 50.4 cm³/mol. The van der Waals surface area contributed by atoms with Crippen LogP contribution >= 0.6 is 11.6 Å². The van der Waals surface area contributed by atoms with Gasteiger partial charge in [0.25, 0.3) is 11.7 Å². The fraction of sp³-hybridized carbons (Fsp3) is 0.143. The number of rotatable bonds is 3. The monoisotopic (exact) mass is 251 g/mol. The number of nitrogens with zero attached hydrogens (tertiary/aromatic N) is 2. The highest BCUT2D eigenvalue weighted by atomic mass is 35.5. The number of carbonyl (C=O) groups is 1. The molecule has 0 aromatic carbocycles. The summed E-state index contributed by atoms with van der Waals surface area (Å²) >= 11 is 5.00. The van der Waals surface area contributed by atoms with Crippen LogP contribution in [0.3, 0.4) is 0 Å². The summed E-state index contributed by atoms with van der Waals surface area (Å²) in [7, 11) is 0. The third-order valence-electron chi connectivity index (χ3n) is 1.72. The molecular weight excluding hydrogens is 248 g/mol. The highest BCUT2D eigenvalue weighted by Gasteiger charge is 2.31. The molecule has 0 aliphatic heterocycles. The molecule has 2 N–H and O–H groups in total. The summed E-state index contributed by atoms with van der Waals surface area (Å²) in [6, 6.07) is 0. The minimum atomic E-state index is -3.15. The average molecular weight is 252 g/mol. The van der Waals surface area contributed by atoms with E-state index in [2.05, 4.69) is 4.98 Å². The highest BCUT2D eigenvalue weighted by molar-refractivity contribution is 6.68. The van der Waals surface area contributed by atoms with Crippen LogP contribution in [0.2, 0.25) is 0 Å². The van der Waals surface area contributed by atoms with Crippen LogP contribution in [0.15, 0.2) is 6.20 Å². The lowest BCUT2D eigenvalue weighted by Gasteiger charge is -2.07. The number of nitrogens with two attached hydrogens (primary N) is 1. The molecule has 0 amide bonds. The third-order valence-corrected chi connectivity index (χ3v) is 1.91. The maximum absolute atomic E-state index is 12.6. The first-order chi connectivity index (χ1) is 7.36. The lowest BCUT2D eigenvalue weighted by atomic mass is 10.1. The van der Waals surface area contributed by atoms with Crippen molar-refractivity contribution in [2.45, 2.75) is 6.43 Å². The molecule has 16 heavy (non-hydrogen) atoms. The van der Waals surface area contributed by atoms with Gasteiger partial charge in [-0.3, -0.25) is 4.79 Å². The molecule has 9 heteroatoms. The molecule has 1 rings (SSSR count). The lowest BCUT2D eigenvalue weighted by Crippen LogP contribution is -2.09. The van der Waals surface area contributed by atoms with Gasteiger partial charge in [0, 0.05) is 0 Å². The van der Waals surface area contributed by atoms with Crippen molar-refractivity contribution >= 4 is 28.3 Å². The van der Waals surface area contributed by atoms with Crippen LogP contribution in [0.5, 0.6) is 0 Å². The molecule has 0 aliphatic carbocycles. The van der Waals surface area contributed by atoms with E-state index < -0.39 is 39.2 Å². The van der Waals surface area contributed by atoms with Crippen molar-refractivity contribution in [3.63, 3.8) is 0 Å². The van der Waals surface area contributed by atoms with Crippen molar-refractivity contribution in [1.29, 1.82) is 0 Å². The Bertz CT molecular complexity index is 466. The van der Waals surface area contributed by atoms with Crippen LogP contribution in [-0.2, 0) is 0 Å². The molecule has 1 heterocycles. The Hall–Kier alpha value is -1.83. The summed E-state index contributed by atoms with van der Waals surface area (Å²) in [4.78, 5) is 23.4. The van der Waals surface area contributed by atoms with Crippen LogP contribution in [0.1, 0.15) is 22.3 Å². The Morgan fingerprint density at radius 1 is 1.62 bits per heavy atom. The van der Waals surface area contributed by atoms with Crippen molar-refractivity contribution in [3.05, 3.63) is 27.4 Å². The van der Waals surface area contributed by atoms with E-state index in [1.54, 1.807) is 0 Å². The van der Waals surface area contributed by atoms with Crippen molar-refractivity contribution in [2.75, 3.05) is 5.73 Å². The third kappa shape index (κ3) is 2.06. The van der Waals surface area contributed by atoms with Crippen molar-refractivity contribution in [1.82, 2.24) is 4.98 Å². The Morgan fingerprint density at radius 3 is 2.56 bits per heavy atom. The molecule has 0 radical (unpaired) electrons. The second-order valence-electron chi connectivity index (χ2n) is 2.66. The van der Waals surface area contributed by atoms with Gasteiger partial charge in [-0.2, -0.15) is 0 Å². The standard InChI is InChI=1S/C7H4ClF2N3O3/c8-5(14)4-3(6(9)10)2(11)1-12-7(4)13(15)16/h1,6H,11H2. The van der Waals surface area contributed by atoms with E-state index in [1.807, 2.05) is 0 Å². The summed E-state index contributed by atoms with van der Waals surface area (Å²) in [5.74, 6) is -1.04. The summed E-state index contributed by atoms with van der Waals surface area (Å²) in [6.07, 6.45) is -2.47. The number of alkyl halides is 2. The van der Waals surface area contributed by atoms with E-state index in [0.29, 0.717) is 6.20 Å². The average Bonchev–Trinajstić information content (AvgIpc) is 2.15. The molecule has 86 valence electrons. The highest BCUT2D eigenvalue weighted by Crippen LogP contribution is 2.33. The first-order valence-corrected chi connectivity index (χ1v) is 4.14. The van der Waals surface area contributed by atoms with Crippen molar-refractivity contribution in [3.8, 4) is 0 Å². The minimum Gasteiger partial charge on any atom is -0.395 e. The molecule has 0 saturated heterocycles. The number of hydrogen-bond acceptors (Lipinski definition) is 5. The van der Waals surface area contributed by atoms with Crippen LogP contribution in [0.4, 0.5) is 20.3 Å². The van der Waals surface area contributed by atoms with Gasteiger partial charge in [0.05, 0.1) is 11.3 Å². The number of nitrogen functional groups attached to an aromatic ring is 1. The molecule has 0 saturated carbocycles. The number of nitro groups is 1. The van der Waals surface area contributed by atoms with Gasteiger partial charge in [-0.05, 0) is 21.5 Å². The molecule has 0 aliphatic rings. The largest absolute Gasteiger partial charge is 0.395 e. The summed E-state index contributed by atoms with van der Waals surface area (Å²) in [5.41, 5.74) is 2.69. The summed E-state index contributed by atoms with van der Waals surface area (Å²) < 4.78 is 25.1. The van der Waals surface area contributed by atoms with E-state index >= 15 is 0 Å². The van der Waals surface area contributed by atoms with E-state index in [9.17, 15) is 23.7 Å². The van der Waals surface area contributed by atoms with Gasteiger partial charge in [-0.15, -0.1) is 0 Å². The molecule has 1 aromatic rings. The summed E-state index contributed by atoms with van der Waals surface area (Å²) in [6.45, 7) is 0. The van der Waals surface area contributed by atoms with Crippen LogP contribution in [0, 0.1) is 10.1 Å². The molecule has 6 nitrogen and oxygen atoms in total. The first-order valence-electron chi connectivity index (χ1n) is 3.77. The van der Waals surface area contributed by atoms with E-state index in [-0.39, 0.29) is 0 Å². The minimum absolute atomic E-state index is 0.524. The normalized spacial score (nSPS) is 10.5. The fourth-order valence-corrected chi connectivity index (χ4v) is 1.28. The van der Waals surface area contributed by atoms with Crippen LogP contribution < -0.4 is 5.73 Å². The fourth-order valence-electron chi connectivity index (χ4n) is 1.10. The van der Waals surface area contributed by atoms with Crippen LogP contribution in [0.25, 0.3) is 0 Å². The molecule has 1 aromatic heterocycles. The van der Waals surface area contributed by atoms with E-state index in [1.165, 1.54) is 0 Å². The van der Waals surface area contributed by atoms with Gasteiger partial charge in [0.15, 0.2) is 6.20 Å². The lowest BCUT2D eigenvalue weighted by molar-refractivity contribution is -0.389. The second kappa shape index (κ2) is 4.35. The van der Waals surface area contributed by atoms with Crippen molar-refractivity contribution < 1.29 is 18.5 Å².